The molecule has 0 aromatic heterocycles. The molecule has 3 aromatic carbocycles. The van der Waals surface area contributed by atoms with E-state index < -0.39 is 28.5 Å². The molecule has 7 nitrogen and oxygen atoms in total. The zero-order valence-electron chi connectivity index (χ0n) is 21.9. The summed E-state index contributed by atoms with van der Waals surface area (Å²) in [6.07, 6.45) is 4.02. The van der Waals surface area contributed by atoms with Crippen LogP contribution in [0.1, 0.15) is 43.7 Å². The van der Waals surface area contributed by atoms with Gasteiger partial charge in [-0.2, -0.15) is 0 Å². The molecule has 1 unspecified atom stereocenters. The van der Waals surface area contributed by atoms with Gasteiger partial charge in [0.2, 0.25) is 11.8 Å². The minimum Gasteiger partial charge on any atom is -0.352 e. The van der Waals surface area contributed by atoms with Crippen LogP contribution >= 0.6 is 0 Å². The van der Waals surface area contributed by atoms with Gasteiger partial charge < -0.3 is 10.2 Å². The van der Waals surface area contributed by atoms with E-state index in [-0.39, 0.29) is 23.4 Å². The number of benzene rings is 3. The Hall–Kier alpha value is -3.65. The van der Waals surface area contributed by atoms with Crippen LogP contribution in [0.5, 0.6) is 0 Å². The predicted octanol–water partition coefficient (Wildman–Crippen LogP) is 4.67. The van der Waals surface area contributed by atoms with Gasteiger partial charge in [0.25, 0.3) is 10.0 Å². The van der Waals surface area contributed by atoms with E-state index in [2.05, 4.69) is 5.32 Å². The van der Waals surface area contributed by atoms with Crippen LogP contribution in [0.4, 0.5) is 5.69 Å². The lowest BCUT2D eigenvalue weighted by Crippen LogP contribution is -2.52. The van der Waals surface area contributed by atoms with Crippen LogP contribution in [0, 0.1) is 6.92 Å². The smallest absolute Gasteiger partial charge is 0.264 e. The third-order valence-electron chi connectivity index (χ3n) is 6.96. The second-order valence-corrected chi connectivity index (χ2v) is 11.7. The number of hydrogen-bond acceptors (Lipinski definition) is 4. The number of anilines is 1. The number of aryl methyl sites for hydroxylation is 1. The highest BCUT2D eigenvalue weighted by atomic mass is 32.2. The first-order valence-corrected chi connectivity index (χ1v) is 14.5. The highest BCUT2D eigenvalue weighted by Crippen LogP contribution is 2.25. The SMILES string of the molecule is Cc1cccc(N(CC(=O)N(Cc2ccccc2)C(C)C(=O)NC2CCCC2)S(=O)(=O)c2ccccc2)c1. The van der Waals surface area contributed by atoms with Crippen molar-refractivity contribution in [2.45, 2.75) is 63.1 Å². The fourth-order valence-corrected chi connectivity index (χ4v) is 6.21. The van der Waals surface area contributed by atoms with E-state index in [1.165, 1.54) is 17.0 Å². The lowest BCUT2D eigenvalue weighted by molar-refractivity contribution is -0.139. The molecule has 0 saturated heterocycles. The maximum Gasteiger partial charge on any atom is 0.264 e. The molecule has 8 heteroatoms. The fraction of sp³-hybridized carbons (Fsp3) is 0.333. The molecule has 4 rings (SSSR count). The van der Waals surface area contributed by atoms with Crippen molar-refractivity contribution in [2.24, 2.45) is 0 Å². The van der Waals surface area contributed by atoms with Gasteiger partial charge in [0, 0.05) is 12.6 Å². The summed E-state index contributed by atoms with van der Waals surface area (Å²) < 4.78 is 28.7. The van der Waals surface area contributed by atoms with Crippen LogP contribution in [0.2, 0.25) is 0 Å². The van der Waals surface area contributed by atoms with Crippen LogP contribution in [0.15, 0.2) is 89.8 Å². The van der Waals surface area contributed by atoms with Crippen molar-refractivity contribution in [3.8, 4) is 0 Å². The van der Waals surface area contributed by atoms with Crippen molar-refractivity contribution in [3.05, 3.63) is 96.1 Å². The zero-order valence-corrected chi connectivity index (χ0v) is 22.7. The quantitative estimate of drug-likeness (QED) is 0.411. The highest BCUT2D eigenvalue weighted by molar-refractivity contribution is 7.92. The van der Waals surface area contributed by atoms with Crippen LogP contribution in [0.25, 0.3) is 0 Å². The molecule has 3 aromatic rings. The second kappa shape index (κ2) is 12.3. The maximum absolute atomic E-state index is 13.9. The number of carbonyl (C=O) groups excluding carboxylic acids is 2. The van der Waals surface area contributed by atoms with Gasteiger partial charge in [-0.1, -0.05) is 73.5 Å². The Balaban J connectivity index is 1.66. The predicted molar refractivity (Wildman–Crippen MR) is 149 cm³/mol. The van der Waals surface area contributed by atoms with Crippen molar-refractivity contribution in [3.63, 3.8) is 0 Å². The summed E-state index contributed by atoms with van der Waals surface area (Å²) in [5.74, 6) is -0.682. The van der Waals surface area contributed by atoms with Crippen LogP contribution in [-0.4, -0.2) is 43.8 Å². The lowest BCUT2D eigenvalue weighted by atomic mass is 10.1. The topological polar surface area (TPSA) is 86.8 Å². The summed E-state index contributed by atoms with van der Waals surface area (Å²) in [6, 6.07) is 23.9. The Morgan fingerprint density at radius 2 is 1.55 bits per heavy atom. The summed E-state index contributed by atoms with van der Waals surface area (Å²) in [5, 5.41) is 3.08. The van der Waals surface area contributed by atoms with E-state index >= 15 is 0 Å². The molecule has 38 heavy (non-hydrogen) atoms. The summed E-state index contributed by atoms with van der Waals surface area (Å²) in [5.41, 5.74) is 2.12. The first-order chi connectivity index (χ1) is 18.3. The summed E-state index contributed by atoms with van der Waals surface area (Å²) in [6.45, 7) is 3.32. The number of hydrogen-bond donors (Lipinski definition) is 1. The Morgan fingerprint density at radius 3 is 2.18 bits per heavy atom. The highest BCUT2D eigenvalue weighted by Gasteiger charge is 2.33. The van der Waals surface area contributed by atoms with Crippen LogP contribution in [0.3, 0.4) is 0 Å². The standard InChI is InChI=1S/C30H35N3O4S/c1-23-12-11-17-27(20-23)33(38(36,37)28-18-7-4-8-19-28)22-29(34)32(21-25-13-5-3-6-14-25)24(2)30(35)31-26-15-9-10-16-26/h3-8,11-14,17-20,24,26H,9-10,15-16,21-22H2,1-2H3,(H,31,35). The molecular formula is C30H35N3O4S. The Bertz CT molecular complexity index is 1340. The van der Waals surface area contributed by atoms with Crippen molar-refractivity contribution >= 4 is 27.5 Å². The van der Waals surface area contributed by atoms with Crippen LogP contribution in [-0.2, 0) is 26.2 Å². The van der Waals surface area contributed by atoms with Gasteiger partial charge in [-0.3, -0.25) is 13.9 Å². The van der Waals surface area contributed by atoms with E-state index in [1.807, 2.05) is 43.3 Å². The Kier molecular flexibility index (Phi) is 8.84. The van der Waals surface area contributed by atoms with E-state index in [1.54, 1.807) is 43.3 Å². The minimum atomic E-state index is -4.05. The molecule has 1 N–H and O–H groups in total. The van der Waals surface area contributed by atoms with Crippen molar-refractivity contribution < 1.29 is 18.0 Å². The third-order valence-corrected chi connectivity index (χ3v) is 8.75. The largest absolute Gasteiger partial charge is 0.352 e. The number of carbonyl (C=O) groups is 2. The lowest BCUT2D eigenvalue weighted by Gasteiger charge is -2.32. The molecular weight excluding hydrogens is 498 g/mol. The van der Waals surface area contributed by atoms with Gasteiger partial charge in [0.15, 0.2) is 0 Å². The number of nitrogens with one attached hydrogen (secondary N) is 1. The number of nitrogens with zero attached hydrogens (tertiary/aromatic N) is 2. The molecule has 1 fully saturated rings. The van der Waals surface area contributed by atoms with Gasteiger partial charge in [-0.15, -0.1) is 0 Å². The Labute approximate surface area is 225 Å². The maximum atomic E-state index is 13.9. The van der Waals surface area contributed by atoms with E-state index in [0.717, 1.165) is 41.1 Å². The molecule has 2 amide bonds. The first-order valence-electron chi connectivity index (χ1n) is 13.0. The van der Waals surface area contributed by atoms with Gasteiger partial charge in [-0.25, -0.2) is 8.42 Å². The van der Waals surface area contributed by atoms with Crippen molar-refractivity contribution in [1.82, 2.24) is 10.2 Å². The van der Waals surface area contributed by atoms with Gasteiger partial charge in [0.1, 0.15) is 12.6 Å². The van der Waals surface area contributed by atoms with Gasteiger partial charge in [-0.05, 0) is 62.1 Å². The fourth-order valence-electron chi connectivity index (χ4n) is 4.79. The molecule has 1 aliphatic rings. The summed E-state index contributed by atoms with van der Waals surface area (Å²) >= 11 is 0. The van der Waals surface area contributed by atoms with Gasteiger partial charge >= 0.3 is 0 Å². The second-order valence-electron chi connectivity index (χ2n) is 9.84. The summed E-state index contributed by atoms with van der Waals surface area (Å²) in [7, 11) is -4.05. The molecule has 1 atom stereocenters. The molecule has 0 aliphatic heterocycles. The molecule has 0 bridgehead atoms. The summed E-state index contributed by atoms with van der Waals surface area (Å²) in [4.78, 5) is 28.7. The Morgan fingerprint density at radius 1 is 0.921 bits per heavy atom. The normalized spacial score (nSPS) is 14.6. The van der Waals surface area contributed by atoms with E-state index in [4.69, 9.17) is 0 Å². The van der Waals surface area contributed by atoms with Gasteiger partial charge in [0.05, 0.1) is 10.6 Å². The van der Waals surface area contributed by atoms with E-state index in [0.29, 0.717) is 5.69 Å². The molecule has 0 radical (unpaired) electrons. The zero-order chi connectivity index (χ0) is 27.1. The molecule has 0 heterocycles. The first kappa shape index (κ1) is 27.4. The molecule has 0 spiro atoms. The number of amides is 2. The van der Waals surface area contributed by atoms with Crippen molar-refractivity contribution in [1.29, 1.82) is 0 Å². The van der Waals surface area contributed by atoms with Crippen molar-refractivity contribution in [2.75, 3.05) is 10.8 Å². The number of rotatable bonds is 10. The van der Waals surface area contributed by atoms with E-state index in [9.17, 15) is 18.0 Å². The average Bonchev–Trinajstić information content (AvgIpc) is 3.44. The molecule has 1 saturated carbocycles. The van der Waals surface area contributed by atoms with Crippen LogP contribution < -0.4 is 9.62 Å². The average molecular weight is 534 g/mol. The molecule has 1 aliphatic carbocycles. The number of sulfonamides is 1. The third kappa shape index (κ3) is 6.61. The molecule has 200 valence electrons. The monoisotopic (exact) mass is 533 g/mol. The minimum absolute atomic E-state index is 0.0935.